The first-order valence-corrected chi connectivity index (χ1v) is 6.86. The number of aliphatic hydroxyl groups is 1. The van der Waals surface area contributed by atoms with E-state index in [-0.39, 0.29) is 0 Å². The molecule has 0 bridgehead atoms. The zero-order valence-corrected chi connectivity index (χ0v) is 11.4. The van der Waals surface area contributed by atoms with Gasteiger partial charge >= 0.3 is 0 Å². The van der Waals surface area contributed by atoms with Crippen molar-refractivity contribution in [2.24, 2.45) is 0 Å². The van der Waals surface area contributed by atoms with E-state index in [0.29, 0.717) is 6.61 Å². The number of likely N-dealkylation sites (tertiary alicyclic amines) is 1. The molecular formula is C15H23NO2. The van der Waals surface area contributed by atoms with Crippen LogP contribution in [0.2, 0.25) is 0 Å². The fourth-order valence-electron chi connectivity index (χ4n) is 2.57. The zero-order chi connectivity index (χ0) is 13.0. The molecule has 1 aromatic carbocycles. The predicted octanol–water partition coefficient (Wildman–Crippen LogP) is 2.39. The van der Waals surface area contributed by atoms with Gasteiger partial charge in [0.25, 0.3) is 0 Å². The quantitative estimate of drug-likeness (QED) is 0.889. The topological polar surface area (TPSA) is 32.7 Å². The number of hydrogen-bond donors (Lipinski definition) is 1. The van der Waals surface area contributed by atoms with Gasteiger partial charge in [-0.1, -0.05) is 19.1 Å². The molecule has 0 saturated carbocycles. The van der Waals surface area contributed by atoms with Gasteiger partial charge in [0.2, 0.25) is 0 Å². The maximum absolute atomic E-state index is 10.8. The minimum absolute atomic E-state index is 0.658. The molecular weight excluding hydrogens is 226 g/mol. The molecule has 0 amide bonds. The standard InChI is InChI=1S/C15H23NO2/c1-3-16-10-8-15(17,9-11-16)13-6-5-7-14(12-13)18-4-2/h5-7,12,17H,3-4,8-11H2,1-2H3. The second-order valence-electron chi connectivity index (χ2n) is 4.93. The average molecular weight is 249 g/mol. The van der Waals surface area contributed by atoms with E-state index in [1.54, 1.807) is 0 Å². The summed E-state index contributed by atoms with van der Waals surface area (Å²) in [6.07, 6.45) is 1.60. The van der Waals surface area contributed by atoms with Crippen LogP contribution >= 0.6 is 0 Å². The first-order chi connectivity index (χ1) is 8.68. The third-order valence-corrected chi connectivity index (χ3v) is 3.81. The lowest BCUT2D eigenvalue weighted by Crippen LogP contribution is -2.42. The van der Waals surface area contributed by atoms with Gasteiger partial charge < -0.3 is 14.7 Å². The third-order valence-electron chi connectivity index (χ3n) is 3.81. The van der Waals surface area contributed by atoms with E-state index in [1.165, 1.54) is 0 Å². The van der Waals surface area contributed by atoms with Crippen LogP contribution in [0.5, 0.6) is 5.75 Å². The second-order valence-corrected chi connectivity index (χ2v) is 4.93. The molecule has 1 fully saturated rings. The van der Waals surface area contributed by atoms with Crippen molar-refractivity contribution in [1.29, 1.82) is 0 Å². The highest BCUT2D eigenvalue weighted by Gasteiger charge is 2.33. The highest BCUT2D eigenvalue weighted by Crippen LogP contribution is 2.34. The van der Waals surface area contributed by atoms with Crippen molar-refractivity contribution >= 4 is 0 Å². The van der Waals surface area contributed by atoms with Crippen LogP contribution in [0.25, 0.3) is 0 Å². The normalized spacial score (nSPS) is 19.7. The molecule has 18 heavy (non-hydrogen) atoms. The molecule has 3 nitrogen and oxygen atoms in total. The minimum Gasteiger partial charge on any atom is -0.494 e. The van der Waals surface area contributed by atoms with Crippen LogP contribution in [-0.2, 0) is 5.60 Å². The summed E-state index contributed by atoms with van der Waals surface area (Å²) in [7, 11) is 0. The molecule has 1 aromatic rings. The van der Waals surface area contributed by atoms with Crippen molar-refractivity contribution < 1.29 is 9.84 Å². The van der Waals surface area contributed by atoms with Crippen molar-refractivity contribution in [3.05, 3.63) is 29.8 Å². The Morgan fingerprint density at radius 3 is 2.61 bits per heavy atom. The summed E-state index contributed by atoms with van der Waals surface area (Å²) in [5.74, 6) is 0.848. The Morgan fingerprint density at radius 2 is 2.00 bits per heavy atom. The summed E-state index contributed by atoms with van der Waals surface area (Å²) in [5.41, 5.74) is 0.308. The van der Waals surface area contributed by atoms with E-state index < -0.39 is 5.60 Å². The number of hydrogen-bond acceptors (Lipinski definition) is 3. The highest BCUT2D eigenvalue weighted by atomic mass is 16.5. The number of benzene rings is 1. The lowest BCUT2D eigenvalue weighted by atomic mass is 9.84. The van der Waals surface area contributed by atoms with Gasteiger partial charge in [-0.15, -0.1) is 0 Å². The number of piperidine rings is 1. The molecule has 0 unspecified atom stereocenters. The Kier molecular flexibility index (Phi) is 4.25. The van der Waals surface area contributed by atoms with E-state index in [2.05, 4.69) is 11.8 Å². The van der Waals surface area contributed by atoms with Crippen LogP contribution in [0.1, 0.15) is 32.3 Å². The molecule has 0 aromatic heterocycles. The summed E-state index contributed by atoms with van der Waals surface area (Å²) in [5, 5.41) is 10.8. The fourth-order valence-corrected chi connectivity index (χ4v) is 2.57. The summed E-state index contributed by atoms with van der Waals surface area (Å²) >= 11 is 0. The first kappa shape index (κ1) is 13.4. The maximum Gasteiger partial charge on any atom is 0.119 e. The van der Waals surface area contributed by atoms with Gasteiger partial charge in [-0.25, -0.2) is 0 Å². The van der Waals surface area contributed by atoms with E-state index in [9.17, 15) is 5.11 Å². The van der Waals surface area contributed by atoms with Gasteiger partial charge in [-0.3, -0.25) is 0 Å². The van der Waals surface area contributed by atoms with Crippen LogP contribution in [0.4, 0.5) is 0 Å². The summed E-state index contributed by atoms with van der Waals surface area (Å²) in [4.78, 5) is 2.38. The Bertz CT molecular complexity index is 384. The van der Waals surface area contributed by atoms with Crippen molar-refractivity contribution in [2.75, 3.05) is 26.2 Å². The molecule has 0 aliphatic carbocycles. The van der Waals surface area contributed by atoms with E-state index in [4.69, 9.17) is 4.74 Å². The van der Waals surface area contributed by atoms with Gasteiger partial charge in [-0.05, 0) is 44.0 Å². The van der Waals surface area contributed by atoms with Crippen LogP contribution in [0.15, 0.2) is 24.3 Å². The van der Waals surface area contributed by atoms with E-state index >= 15 is 0 Å². The Hall–Kier alpha value is -1.06. The highest BCUT2D eigenvalue weighted by molar-refractivity contribution is 5.32. The van der Waals surface area contributed by atoms with Crippen molar-refractivity contribution in [1.82, 2.24) is 4.90 Å². The molecule has 100 valence electrons. The van der Waals surface area contributed by atoms with Gasteiger partial charge in [0.05, 0.1) is 12.2 Å². The zero-order valence-electron chi connectivity index (χ0n) is 11.4. The molecule has 3 heteroatoms. The molecule has 1 aliphatic heterocycles. The monoisotopic (exact) mass is 249 g/mol. The van der Waals surface area contributed by atoms with E-state index in [1.807, 2.05) is 31.2 Å². The van der Waals surface area contributed by atoms with Gasteiger partial charge in [0, 0.05) is 13.1 Å². The van der Waals surface area contributed by atoms with Crippen molar-refractivity contribution in [3.8, 4) is 5.75 Å². The number of rotatable bonds is 4. The van der Waals surface area contributed by atoms with Crippen LogP contribution in [0.3, 0.4) is 0 Å². The predicted molar refractivity (Wildman–Crippen MR) is 72.9 cm³/mol. The molecule has 1 saturated heterocycles. The average Bonchev–Trinajstić information content (AvgIpc) is 2.40. The molecule has 0 spiro atoms. The van der Waals surface area contributed by atoms with Gasteiger partial charge in [-0.2, -0.15) is 0 Å². The molecule has 2 rings (SSSR count). The lowest BCUT2D eigenvalue weighted by molar-refractivity contribution is -0.0248. The summed E-state index contributed by atoms with van der Waals surface area (Å²) in [6, 6.07) is 7.89. The largest absolute Gasteiger partial charge is 0.494 e. The van der Waals surface area contributed by atoms with Crippen LogP contribution < -0.4 is 4.74 Å². The Balaban J connectivity index is 2.12. The third kappa shape index (κ3) is 2.85. The van der Waals surface area contributed by atoms with Gasteiger partial charge in [0.15, 0.2) is 0 Å². The molecule has 0 atom stereocenters. The molecule has 0 radical (unpaired) electrons. The lowest BCUT2D eigenvalue weighted by Gasteiger charge is -2.38. The summed E-state index contributed by atoms with van der Waals surface area (Å²) < 4.78 is 5.50. The second kappa shape index (κ2) is 5.72. The van der Waals surface area contributed by atoms with Gasteiger partial charge in [0.1, 0.15) is 5.75 Å². The Labute approximate surface area is 109 Å². The Morgan fingerprint density at radius 1 is 1.28 bits per heavy atom. The molecule has 1 aliphatic rings. The maximum atomic E-state index is 10.8. The summed E-state index contributed by atoms with van der Waals surface area (Å²) in [6.45, 7) is 7.79. The number of ether oxygens (including phenoxy) is 1. The first-order valence-electron chi connectivity index (χ1n) is 6.86. The van der Waals surface area contributed by atoms with Crippen LogP contribution in [0, 0.1) is 0 Å². The minimum atomic E-state index is -0.682. The SMILES string of the molecule is CCOc1cccc(C2(O)CCN(CC)CC2)c1. The van der Waals surface area contributed by atoms with E-state index in [0.717, 1.165) is 43.8 Å². The van der Waals surface area contributed by atoms with Crippen LogP contribution in [-0.4, -0.2) is 36.2 Å². The van der Waals surface area contributed by atoms with Crippen molar-refractivity contribution in [3.63, 3.8) is 0 Å². The smallest absolute Gasteiger partial charge is 0.119 e. The molecule has 1 N–H and O–H groups in total. The number of nitrogens with zero attached hydrogens (tertiary/aromatic N) is 1. The fraction of sp³-hybridized carbons (Fsp3) is 0.600. The molecule has 1 heterocycles. The van der Waals surface area contributed by atoms with Crippen molar-refractivity contribution in [2.45, 2.75) is 32.3 Å².